The third-order valence-corrected chi connectivity index (χ3v) is 5.75. The topological polar surface area (TPSA) is 46.3 Å². The van der Waals surface area contributed by atoms with E-state index < -0.39 is 6.04 Å². The summed E-state index contributed by atoms with van der Waals surface area (Å²) in [6.45, 7) is 1.73. The third-order valence-electron chi connectivity index (χ3n) is 5.01. The Labute approximate surface area is 158 Å². The van der Waals surface area contributed by atoms with Crippen LogP contribution in [-0.2, 0) is 4.79 Å². The molecule has 1 aliphatic carbocycles. The molecule has 0 saturated carbocycles. The standard InChI is InChI=1S/C20H22Cl2N2O/c1-12(23)20(25)24(2)19-10-8-14(15-5-3-4-6-16(15)19)13-7-9-17(21)18(22)11-13/h3-7,9,11-12,14,19H,8,10,23H2,1-2H3/t12-,14?,19+/m0/s1. The van der Waals surface area contributed by atoms with Gasteiger partial charge in [-0.05, 0) is 48.6 Å². The van der Waals surface area contributed by atoms with E-state index in [-0.39, 0.29) is 17.9 Å². The van der Waals surface area contributed by atoms with Gasteiger partial charge in [-0.1, -0.05) is 53.5 Å². The molecule has 0 bridgehead atoms. The molecule has 0 fully saturated rings. The third kappa shape index (κ3) is 3.55. The number of hydrogen-bond acceptors (Lipinski definition) is 2. The van der Waals surface area contributed by atoms with Crippen LogP contribution >= 0.6 is 23.2 Å². The van der Waals surface area contributed by atoms with Crippen LogP contribution in [0, 0.1) is 0 Å². The zero-order valence-corrected chi connectivity index (χ0v) is 15.9. The second-order valence-electron chi connectivity index (χ2n) is 6.69. The average Bonchev–Trinajstić information content (AvgIpc) is 2.62. The van der Waals surface area contributed by atoms with Crippen molar-refractivity contribution in [1.29, 1.82) is 0 Å². The van der Waals surface area contributed by atoms with Crippen LogP contribution in [0.25, 0.3) is 0 Å². The number of likely N-dealkylation sites (N-methyl/N-ethyl adjacent to an activating group) is 1. The molecule has 2 aromatic carbocycles. The second kappa shape index (κ2) is 7.36. The first-order valence-electron chi connectivity index (χ1n) is 8.46. The highest BCUT2D eigenvalue weighted by Gasteiger charge is 2.32. The highest BCUT2D eigenvalue weighted by Crippen LogP contribution is 2.44. The van der Waals surface area contributed by atoms with E-state index in [0.29, 0.717) is 10.0 Å². The Kier molecular flexibility index (Phi) is 5.38. The largest absolute Gasteiger partial charge is 0.337 e. The fourth-order valence-corrected chi connectivity index (χ4v) is 4.03. The summed E-state index contributed by atoms with van der Waals surface area (Å²) in [5, 5.41) is 1.14. The average molecular weight is 377 g/mol. The number of amides is 1. The summed E-state index contributed by atoms with van der Waals surface area (Å²) in [6, 6.07) is 13.7. The number of benzene rings is 2. The number of carbonyl (C=O) groups is 1. The minimum atomic E-state index is -0.495. The smallest absolute Gasteiger partial charge is 0.239 e. The van der Waals surface area contributed by atoms with Crippen molar-refractivity contribution in [2.75, 3.05) is 7.05 Å². The Morgan fingerprint density at radius 1 is 1.12 bits per heavy atom. The lowest BCUT2D eigenvalue weighted by Crippen LogP contribution is -2.42. The lowest BCUT2D eigenvalue weighted by atomic mass is 9.76. The van der Waals surface area contributed by atoms with Gasteiger partial charge in [0.15, 0.2) is 0 Å². The molecular formula is C20H22Cl2N2O. The summed E-state index contributed by atoms with van der Waals surface area (Å²) in [4.78, 5) is 14.1. The predicted molar refractivity (Wildman–Crippen MR) is 103 cm³/mol. The van der Waals surface area contributed by atoms with Crippen LogP contribution in [0.3, 0.4) is 0 Å². The summed E-state index contributed by atoms with van der Waals surface area (Å²) in [7, 11) is 1.84. The minimum absolute atomic E-state index is 0.0345. The van der Waals surface area contributed by atoms with E-state index in [1.54, 1.807) is 11.8 Å². The molecule has 1 aliphatic rings. The van der Waals surface area contributed by atoms with E-state index in [1.165, 1.54) is 11.1 Å². The van der Waals surface area contributed by atoms with E-state index in [0.717, 1.165) is 18.4 Å². The van der Waals surface area contributed by atoms with Gasteiger partial charge in [-0.3, -0.25) is 4.79 Å². The molecule has 2 aromatic rings. The van der Waals surface area contributed by atoms with Crippen LogP contribution in [0.2, 0.25) is 10.0 Å². The van der Waals surface area contributed by atoms with E-state index in [9.17, 15) is 4.79 Å². The molecule has 25 heavy (non-hydrogen) atoms. The van der Waals surface area contributed by atoms with Gasteiger partial charge in [-0.2, -0.15) is 0 Å². The Morgan fingerprint density at radius 3 is 2.44 bits per heavy atom. The predicted octanol–water partition coefficient (Wildman–Crippen LogP) is 4.77. The summed E-state index contributed by atoms with van der Waals surface area (Å²) < 4.78 is 0. The van der Waals surface area contributed by atoms with Crippen LogP contribution in [0.1, 0.15) is 48.4 Å². The zero-order valence-electron chi connectivity index (χ0n) is 14.4. The molecule has 0 aliphatic heterocycles. The Morgan fingerprint density at radius 2 is 1.80 bits per heavy atom. The molecule has 0 aromatic heterocycles. The maximum absolute atomic E-state index is 12.4. The molecule has 3 atom stereocenters. The molecule has 0 spiro atoms. The van der Waals surface area contributed by atoms with Crippen molar-refractivity contribution in [1.82, 2.24) is 4.90 Å². The molecule has 0 saturated heterocycles. The molecular weight excluding hydrogens is 355 g/mol. The number of halogens is 2. The number of nitrogens with two attached hydrogens (primary N) is 1. The maximum atomic E-state index is 12.4. The molecule has 0 radical (unpaired) electrons. The van der Waals surface area contributed by atoms with Crippen molar-refractivity contribution in [3.63, 3.8) is 0 Å². The lowest BCUT2D eigenvalue weighted by Gasteiger charge is -2.37. The Bertz CT molecular complexity index is 791. The van der Waals surface area contributed by atoms with Gasteiger partial charge >= 0.3 is 0 Å². The molecule has 1 unspecified atom stereocenters. The first-order chi connectivity index (χ1) is 11.9. The number of nitrogens with zero attached hydrogens (tertiary/aromatic N) is 1. The van der Waals surface area contributed by atoms with Crippen molar-refractivity contribution in [3.8, 4) is 0 Å². The van der Waals surface area contributed by atoms with Crippen molar-refractivity contribution < 1.29 is 4.79 Å². The summed E-state index contributed by atoms with van der Waals surface area (Å²) in [6.07, 6.45) is 1.83. The first-order valence-corrected chi connectivity index (χ1v) is 9.21. The normalized spacial score (nSPS) is 20.7. The summed E-state index contributed by atoms with van der Waals surface area (Å²) in [5.41, 5.74) is 9.37. The molecule has 132 valence electrons. The lowest BCUT2D eigenvalue weighted by molar-refractivity contribution is -0.133. The van der Waals surface area contributed by atoms with E-state index in [2.05, 4.69) is 12.1 Å². The van der Waals surface area contributed by atoms with Gasteiger partial charge in [0.1, 0.15) is 0 Å². The Hall–Kier alpha value is -1.55. The molecule has 5 heteroatoms. The van der Waals surface area contributed by atoms with Gasteiger partial charge in [0.25, 0.3) is 0 Å². The van der Waals surface area contributed by atoms with Crippen molar-refractivity contribution >= 4 is 29.1 Å². The van der Waals surface area contributed by atoms with Crippen molar-refractivity contribution in [2.24, 2.45) is 5.73 Å². The van der Waals surface area contributed by atoms with E-state index >= 15 is 0 Å². The van der Waals surface area contributed by atoms with Gasteiger partial charge in [-0.15, -0.1) is 0 Å². The number of carbonyl (C=O) groups excluding carboxylic acids is 1. The highest BCUT2D eigenvalue weighted by atomic mass is 35.5. The molecule has 3 nitrogen and oxygen atoms in total. The van der Waals surface area contributed by atoms with Gasteiger partial charge < -0.3 is 10.6 Å². The van der Waals surface area contributed by atoms with Crippen LogP contribution < -0.4 is 5.73 Å². The number of hydrogen-bond donors (Lipinski definition) is 1. The van der Waals surface area contributed by atoms with E-state index in [1.807, 2.05) is 37.4 Å². The van der Waals surface area contributed by atoms with Crippen molar-refractivity contribution in [2.45, 2.75) is 37.8 Å². The maximum Gasteiger partial charge on any atom is 0.239 e. The Balaban J connectivity index is 1.99. The second-order valence-corrected chi connectivity index (χ2v) is 7.50. The van der Waals surface area contributed by atoms with Gasteiger partial charge in [-0.25, -0.2) is 0 Å². The zero-order chi connectivity index (χ0) is 18.1. The van der Waals surface area contributed by atoms with Crippen LogP contribution in [-0.4, -0.2) is 23.9 Å². The molecule has 0 heterocycles. The van der Waals surface area contributed by atoms with Gasteiger partial charge in [0.2, 0.25) is 5.91 Å². The number of fused-ring (bicyclic) bond motifs is 1. The molecule has 2 N–H and O–H groups in total. The monoisotopic (exact) mass is 376 g/mol. The molecule has 3 rings (SSSR count). The summed E-state index contributed by atoms with van der Waals surface area (Å²) >= 11 is 12.3. The fourth-order valence-electron chi connectivity index (χ4n) is 3.72. The van der Waals surface area contributed by atoms with E-state index in [4.69, 9.17) is 28.9 Å². The fraction of sp³-hybridized carbons (Fsp3) is 0.350. The van der Waals surface area contributed by atoms with Gasteiger partial charge in [0.05, 0.1) is 22.1 Å². The van der Waals surface area contributed by atoms with Crippen molar-refractivity contribution in [3.05, 3.63) is 69.2 Å². The minimum Gasteiger partial charge on any atom is -0.337 e. The first kappa shape index (κ1) is 18.2. The molecule has 1 amide bonds. The quantitative estimate of drug-likeness (QED) is 0.838. The summed E-state index contributed by atoms with van der Waals surface area (Å²) in [5.74, 6) is 0.216. The van der Waals surface area contributed by atoms with Gasteiger partial charge in [0, 0.05) is 13.0 Å². The number of rotatable bonds is 3. The highest BCUT2D eigenvalue weighted by molar-refractivity contribution is 6.42. The van der Waals surface area contributed by atoms with Crippen LogP contribution in [0.5, 0.6) is 0 Å². The van der Waals surface area contributed by atoms with Crippen LogP contribution in [0.15, 0.2) is 42.5 Å². The van der Waals surface area contributed by atoms with Crippen LogP contribution in [0.4, 0.5) is 0 Å². The SMILES string of the molecule is C[C@H](N)C(=O)N(C)[C@@H]1CCC(c2ccc(Cl)c(Cl)c2)c2ccccc21.